The van der Waals surface area contributed by atoms with Crippen molar-refractivity contribution in [3.8, 4) is 0 Å². The molecule has 3 rings (SSSR count). The normalized spacial score (nSPS) is 16.4. The zero-order chi connectivity index (χ0) is 18.7. The van der Waals surface area contributed by atoms with Crippen molar-refractivity contribution in [1.29, 1.82) is 0 Å². The van der Waals surface area contributed by atoms with E-state index in [0.717, 1.165) is 42.1 Å². The Balaban J connectivity index is 2.00. The molecule has 2 heterocycles. The van der Waals surface area contributed by atoms with Gasteiger partial charge in [-0.2, -0.15) is 0 Å². The lowest BCUT2D eigenvalue weighted by atomic mass is 10.0. The van der Waals surface area contributed by atoms with E-state index < -0.39 is 6.04 Å². The van der Waals surface area contributed by atoms with Gasteiger partial charge < -0.3 is 10.2 Å². The van der Waals surface area contributed by atoms with E-state index in [2.05, 4.69) is 14.9 Å². The summed E-state index contributed by atoms with van der Waals surface area (Å²) in [4.78, 5) is 29.1. The van der Waals surface area contributed by atoms with Gasteiger partial charge in [0.2, 0.25) is 5.91 Å². The first-order valence-corrected chi connectivity index (χ1v) is 10.5. The molecule has 0 bridgehead atoms. The Kier molecular flexibility index (Phi) is 5.72. The fourth-order valence-corrected chi connectivity index (χ4v) is 4.59. The van der Waals surface area contributed by atoms with Crippen molar-refractivity contribution in [2.24, 2.45) is 0 Å². The van der Waals surface area contributed by atoms with E-state index in [-0.39, 0.29) is 23.4 Å². The summed E-state index contributed by atoms with van der Waals surface area (Å²) in [6.45, 7) is 5.84. The minimum absolute atomic E-state index is 0.0435. The Labute approximate surface area is 161 Å². The summed E-state index contributed by atoms with van der Waals surface area (Å²) in [7, 11) is 0. The fourth-order valence-electron chi connectivity index (χ4n) is 3.34. The summed E-state index contributed by atoms with van der Waals surface area (Å²) in [5.41, 5.74) is -0.0638. The third-order valence-electron chi connectivity index (χ3n) is 4.37. The Hall–Kier alpha value is -1.80. The highest BCUT2D eigenvalue weighted by molar-refractivity contribution is 7.10. The van der Waals surface area contributed by atoms with Crippen LogP contribution in [0, 0.1) is 0 Å². The number of hydrogen-bond acceptors (Lipinski definition) is 6. The lowest BCUT2D eigenvalue weighted by Gasteiger charge is -2.36. The van der Waals surface area contributed by atoms with Crippen LogP contribution in [0.1, 0.15) is 67.9 Å². The predicted molar refractivity (Wildman–Crippen MR) is 103 cm³/mol. The number of amides is 2. The third-order valence-corrected chi connectivity index (χ3v) is 5.80. The van der Waals surface area contributed by atoms with Crippen molar-refractivity contribution >= 4 is 34.7 Å². The number of nitrogens with zero attached hydrogens (tertiary/aromatic N) is 3. The number of carbonyl (C=O) groups excluding carboxylic acids is 2. The second kappa shape index (κ2) is 7.84. The largest absolute Gasteiger partial charge is 0.349 e. The van der Waals surface area contributed by atoms with E-state index in [1.807, 2.05) is 38.3 Å². The van der Waals surface area contributed by atoms with E-state index in [9.17, 15) is 9.59 Å². The molecular formula is C18H24N4O2S2. The number of hydrogen-bond donors (Lipinski definition) is 1. The molecule has 1 aliphatic rings. The summed E-state index contributed by atoms with van der Waals surface area (Å²) >= 11 is 2.65. The van der Waals surface area contributed by atoms with Crippen LogP contribution in [0.25, 0.3) is 0 Å². The topological polar surface area (TPSA) is 75.2 Å². The Bertz CT molecular complexity index is 732. The number of rotatable bonds is 5. The van der Waals surface area contributed by atoms with Crippen molar-refractivity contribution in [2.75, 3.05) is 0 Å². The number of nitrogens with one attached hydrogen (secondary N) is 1. The smallest absolute Gasteiger partial charge is 0.276 e. The van der Waals surface area contributed by atoms with Crippen LogP contribution in [0.4, 0.5) is 0 Å². The molecule has 0 spiro atoms. The van der Waals surface area contributed by atoms with E-state index in [0.29, 0.717) is 5.69 Å². The molecule has 1 unspecified atom stereocenters. The van der Waals surface area contributed by atoms with E-state index in [1.165, 1.54) is 11.3 Å². The van der Waals surface area contributed by atoms with Gasteiger partial charge in [0, 0.05) is 21.8 Å². The lowest BCUT2D eigenvalue weighted by Crippen LogP contribution is -2.51. The maximum absolute atomic E-state index is 13.3. The van der Waals surface area contributed by atoms with Gasteiger partial charge in [-0.3, -0.25) is 9.59 Å². The van der Waals surface area contributed by atoms with Gasteiger partial charge in [0.1, 0.15) is 6.04 Å². The van der Waals surface area contributed by atoms with Crippen LogP contribution in [-0.2, 0) is 4.79 Å². The summed E-state index contributed by atoms with van der Waals surface area (Å²) in [5.74, 6) is -0.364. The average Bonchev–Trinajstić information content (AvgIpc) is 3.33. The first-order chi connectivity index (χ1) is 12.4. The SMILES string of the molecule is CC(C)(C)NC(=O)C(c1cccs1)N(C(=O)c1csnn1)C1CCCC1. The van der Waals surface area contributed by atoms with Gasteiger partial charge >= 0.3 is 0 Å². The Morgan fingerprint density at radius 2 is 2.04 bits per heavy atom. The molecule has 26 heavy (non-hydrogen) atoms. The molecule has 1 saturated carbocycles. The monoisotopic (exact) mass is 392 g/mol. The molecule has 0 saturated heterocycles. The van der Waals surface area contributed by atoms with Crippen LogP contribution < -0.4 is 5.32 Å². The summed E-state index contributed by atoms with van der Waals surface area (Å²) < 4.78 is 3.82. The molecule has 0 aromatic carbocycles. The molecule has 140 valence electrons. The number of thiophene rings is 1. The molecule has 6 nitrogen and oxygen atoms in total. The van der Waals surface area contributed by atoms with Gasteiger partial charge in [-0.1, -0.05) is 23.4 Å². The predicted octanol–water partition coefficient (Wildman–Crippen LogP) is 3.64. The average molecular weight is 393 g/mol. The highest BCUT2D eigenvalue weighted by atomic mass is 32.1. The maximum atomic E-state index is 13.3. The molecule has 1 N–H and O–H groups in total. The quantitative estimate of drug-likeness (QED) is 0.843. The van der Waals surface area contributed by atoms with Crippen LogP contribution in [-0.4, -0.2) is 37.9 Å². The van der Waals surface area contributed by atoms with Gasteiger partial charge in [0.25, 0.3) is 5.91 Å². The zero-order valence-electron chi connectivity index (χ0n) is 15.3. The van der Waals surface area contributed by atoms with E-state index in [4.69, 9.17) is 0 Å². The number of carbonyl (C=O) groups is 2. The lowest BCUT2D eigenvalue weighted by molar-refractivity contribution is -0.128. The standard InChI is InChI=1S/C18H24N4O2S2/c1-18(2,3)19-16(23)15(14-9-6-10-25-14)22(12-7-4-5-8-12)17(24)13-11-26-21-20-13/h6,9-12,15H,4-5,7-8H2,1-3H3,(H,19,23). The highest BCUT2D eigenvalue weighted by Crippen LogP contribution is 2.35. The van der Waals surface area contributed by atoms with Crippen molar-refractivity contribution in [3.63, 3.8) is 0 Å². The molecule has 0 radical (unpaired) electrons. The first kappa shape index (κ1) is 19.0. The van der Waals surface area contributed by atoms with Gasteiger partial charge in [0.15, 0.2) is 5.69 Å². The molecule has 1 atom stereocenters. The van der Waals surface area contributed by atoms with E-state index >= 15 is 0 Å². The second-order valence-electron chi connectivity index (χ2n) is 7.60. The van der Waals surface area contributed by atoms with Crippen LogP contribution in [0.2, 0.25) is 0 Å². The van der Waals surface area contributed by atoms with Crippen molar-refractivity contribution in [3.05, 3.63) is 33.5 Å². The molecule has 8 heteroatoms. The zero-order valence-corrected chi connectivity index (χ0v) is 16.9. The number of aromatic nitrogens is 2. The molecule has 2 aromatic rings. The molecule has 2 amide bonds. The van der Waals surface area contributed by atoms with Crippen LogP contribution >= 0.6 is 22.9 Å². The van der Waals surface area contributed by atoms with Gasteiger partial charge in [-0.15, -0.1) is 16.4 Å². The van der Waals surface area contributed by atoms with Gasteiger partial charge in [-0.05, 0) is 56.6 Å². The van der Waals surface area contributed by atoms with Gasteiger partial charge in [-0.25, -0.2) is 0 Å². The molecule has 2 aromatic heterocycles. The Morgan fingerprint density at radius 3 is 2.58 bits per heavy atom. The summed E-state index contributed by atoms with van der Waals surface area (Å²) in [5, 5.41) is 10.6. The third kappa shape index (κ3) is 4.29. The van der Waals surface area contributed by atoms with Crippen molar-refractivity contribution in [2.45, 2.75) is 64.1 Å². The molecule has 1 fully saturated rings. The highest BCUT2D eigenvalue weighted by Gasteiger charge is 2.40. The molecule has 1 aliphatic carbocycles. The first-order valence-electron chi connectivity index (χ1n) is 8.82. The summed E-state index contributed by atoms with van der Waals surface area (Å²) in [6.07, 6.45) is 3.96. The van der Waals surface area contributed by atoms with Gasteiger partial charge in [0.05, 0.1) is 0 Å². The minimum Gasteiger partial charge on any atom is -0.349 e. The van der Waals surface area contributed by atoms with E-state index in [1.54, 1.807) is 10.3 Å². The second-order valence-corrected chi connectivity index (χ2v) is 9.19. The van der Waals surface area contributed by atoms with Crippen LogP contribution in [0.3, 0.4) is 0 Å². The van der Waals surface area contributed by atoms with Crippen molar-refractivity contribution < 1.29 is 9.59 Å². The van der Waals surface area contributed by atoms with Crippen LogP contribution in [0.15, 0.2) is 22.9 Å². The summed E-state index contributed by atoms with van der Waals surface area (Å²) in [6, 6.07) is 3.24. The van der Waals surface area contributed by atoms with Crippen LogP contribution in [0.5, 0.6) is 0 Å². The minimum atomic E-state index is -0.647. The maximum Gasteiger partial charge on any atom is 0.276 e. The fraction of sp³-hybridized carbons (Fsp3) is 0.556. The molecule has 0 aliphatic heterocycles. The molecular weight excluding hydrogens is 368 g/mol. The van der Waals surface area contributed by atoms with Crippen molar-refractivity contribution in [1.82, 2.24) is 19.8 Å². The Morgan fingerprint density at radius 1 is 1.31 bits per heavy atom.